The van der Waals surface area contributed by atoms with E-state index in [4.69, 9.17) is 14.2 Å². The first-order valence-corrected chi connectivity index (χ1v) is 22.5. The van der Waals surface area contributed by atoms with Crippen LogP contribution in [0.1, 0.15) is 25.5 Å². The molecule has 0 aliphatic rings. The number of benzene rings is 2. The van der Waals surface area contributed by atoms with Crippen LogP contribution in [0.4, 0.5) is 10.3 Å². The fourth-order valence-electron chi connectivity index (χ4n) is 5.10. The number of hydrogen-bond donors (Lipinski definition) is 1. The predicted octanol–water partition coefficient (Wildman–Crippen LogP) is 4.88. The molecule has 0 aliphatic carbocycles. The molecule has 266 valence electrons. The normalized spacial score (nSPS) is 13.5. The molecule has 2 aromatic heterocycles. The minimum absolute atomic E-state index is 0.0561. The van der Waals surface area contributed by atoms with Crippen molar-refractivity contribution in [3.05, 3.63) is 66.0 Å². The standard InChI is InChI=1S/C32H42FN5O8S2Si/c1-9-46-28-15-10-12-24(34-28)31-35-36-32(38(31)29-25(44-3)13-11-14-26(29)45-4)37(18-19-49(6,7)8)48(42,43)21(2)30(39)23-17-16-22(33)20-27(23)47(5,40)41/h10-17,20-21,30,39H,9,18-19H2,1-8H3/t21-,30+/m0/s1. The van der Waals surface area contributed by atoms with E-state index in [2.05, 4.69) is 34.8 Å². The van der Waals surface area contributed by atoms with Gasteiger partial charge in [0.1, 0.15) is 33.9 Å². The lowest BCUT2D eigenvalue weighted by molar-refractivity contribution is 0.172. The van der Waals surface area contributed by atoms with Crippen molar-refractivity contribution < 1.29 is 40.5 Å². The summed E-state index contributed by atoms with van der Waals surface area (Å²) in [5.74, 6) is 0.0607. The molecule has 0 saturated heterocycles. The Kier molecular flexibility index (Phi) is 11.4. The first-order chi connectivity index (χ1) is 22.9. The number of para-hydroxylation sites is 1. The average molecular weight is 736 g/mol. The van der Waals surface area contributed by atoms with E-state index in [1.807, 2.05) is 6.92 Å². The van der Waals surface area contributed by atoms with E-state index in [1.165, 1.54) is 25.7 Å². The fourth-order valence-corrected chi connectivity index (χ4v) is 8.66. The number of hydrogen-bond acceptors (Lipinski definition) is 11. The molecule has 1 N–H and O–H groups in total. The van der Waals surface area contributed by atoms with Crippen LogP contribution in [0.15, 0.2) is 59.5 Å². The van der Waals surface area contributed by atoms with Gasteiger partial charge in [0.05, 0.1) is 31.8 Å². The zero-order valence-corrected chi connectivity index (χ0v) is 31.3. The Morgan fingerprint density at radius 2 is 1.61 bits per heavy atom. The van der Waals surface area contributed by atoms with Crippen molar-refractivity contribution in [2.75, 3.05) is 37.9 Å². The second kappa shape index (κ2) is 14.8. The van der Waals surface area contributed by atoms with E-state index in [0.29, 0.717) is 35.7 Å². The van der Waals surface area contributed by atoms with Crippen LogP contribution in [-0.2, 0) is 19.9 Å². The molecule has 0 bridgehead atoms. The Labute approximate surface area is 287 Å². The number of halogens is 1. The topological polar surface area (TPSA) is 163 Å². The lowest BCUT2D eigenvalue weighted by atomic mass is 10.1. The van der Waals surface area contributed by atoms with E-state index in [9.17, 15) is 26.3 Å². The highest BCUT2D eigenvalue weighted by atomic mass is 32.2. The molecule has 49 heavy (non-hydrogen) atoms. The summed E-state index contributed by atoms with van der Waals surface area (Å²) in [5, 5.41) is 18.7. The van der Waals surface area contributed by atoms with Crippen LogP contribution < -0.4 is 18.5 Å². The monoisotopic (exact) mass is 735 g/mol. The number of methoxy groups -OCH3 is 2. The smallest absolute Gasteiger partial charge is 0.246 e. The summed E-state index contributed by atoms with van der Waals surface area (Å²) in [5.41, 5.74) is 0.332. The highest BCUT2D eigenvalue weighted by molar-refractivity contribution is 7.93. The third kappa shape index (κ3) is 8.22. The van der Waals surface area contributed by atoms with Crippen molar-refractivity contribution in [1.29, 1.82) is 0 Å². The molecule has 4 aromatic rings. The van der Waals surface area contributed by atoms with E-state index in [1.54, 1.807) is 36.4 Å². The van der Waals surface area contributed by atoms with Crippen molar-refractivity contribution >= 4 is 33.9 Å². The lowest BCUT2D eigenvalue weighted by Crippen LogP contribution is -2.44. The number of pyridine rings is 1. The van der Waals surface area contributed by atoms with Gasteiger partial charge in [-0.05, 0) is 50.2 Å². The molecule has 0 radical (unpaired) electrons. The molecule has 0 spiro atoms. The van der Waals surface area contributed by atoms with Gasteiger partial charge in [0, 0.05) is 32.5 Å². The zero-order valence-electron chi connectivity index (χ0n) is 28.7. The fraction of sp³-hybridized carbons (Fsp3) is 0.406. The van der Waals surface area contributed by atoms with Crippen LogP contribution in [0, 0.1) is 5.82 Å². The third-order valence-corrected chi connectivity index (χ3v) is 12.8. The van der Waals surface area contributed by atoms with Crippen LogP contribution in [-0.4, -0.2) is 88.6 Å². The van der Waals surface area contributed by atoms with Gasteiger partial charge in [0.2, 0.25) is 21.9 Å². The van der Waals surface area contributed by atoms with Gasteiger partial charge in [-0.15, -0.1) is 10.2 Å². The Balaban J connectivity index is 2.02. The van der Waals surface area contributed by atoms with E-state index < -0.39 is 50.0 Å². The minimum atomic E-state index is -4.58. The number of aliphatic hydroxyl groups is 1. The van der Waals surface area contributed by atoms with Crippen molar-refractivity contribution in [3.63, 3.8) is 0 Å². The molecule has 0 aliphatic heterocycles. The molecule has 0 amide bonds. The summed E-state index contributed by atoms with van der Waals surface area (Å²) in [6, 6.07) is 13.4. The highest BCUT2D eigenvalue weighted by Gasteiger charge is 2.40. The lowest BCUT2D eigenvalue weighted by Gasteiger charge is -2.31. The number of sulfone groups is 1. The van der Waals surface area contributed by atoms with E-state index >= 15 is 0 Å². The van der Waals surface area contributed by atoms with Gasteiger partial charge in [0.25, 0.3) is 0 Å². The molecule has 17 heteroatoms. The van der Waals surface area contributed by atoms with Gasteiger partial charge in [-0.1, -0.05) is 37.8 Å². The Morgan fingerprint density at radius 3 is 2.18 bits per heavy atom. The van der Waals surface area contributed by atoms with Crippen molar-refractivity contribution in [3.8, 4) is 34.6 Å². The number of rotatable bonds is 15. The highest BCUT2D eigenvalue weighted by Crippen LogP contribution is 2.40. The molecule has 2 atom stereocenters. The first-order valence-electron chi connectivity index (χ1n) is 15.4. The molecule has 0 saturated carbocycles. The van der Waals surface area contributed by atoms with Crippen LogP contribution in [0.3, 0.4) is 0 Å². The minimum Gasteiger partial charge on any atom is -0.494 e. The second-order valence-corrected chi connectivity index (χ2v) is 22.3. The summed E-state index contributed by atoms with van der Waals surface area (Å²) in [6.45, 7) is 9.61. The summed E-state index contributed by atoms with van der Waals surface area (Å²) in [7, 11) is -7.65. The number of aliphatic hydroxyl groups excluding tert-OH is 1. The van der Waals surface area contributed by atoms with E-state index in [0.717, 1.165) is 28.8 Å². The summed E-state index contributed by atoms with van der Waals surface area (Å²) in [6.07, 6.45) is -1.01. The molecule has 2 heterocycles. The van der Waals surface area contributed by atoms with Crippen molar-refractivity contribution in [1.82, 2.24) is 19.7 Å². The average Bonchev–Trinajstić information content (AvgIpc) is 3.47. The van der Waals surface area contributed by atoms with Crippen molar-refractivity contribution in [2.24, 2.45) is 0 Å². The molecule has 13 nitrogen and oxygen atoms in total. The van der Waals surface area contributed by atoms with Gasteiger partial charge >= 0.3 is 0 Å². The summed E-state index contributed by atoms with van der Waals surface area (Å²) < 4.78 is 88.4. The van der Waals surface area contributed by atoms with Gasteiger partial charge in [0.15, 0.2) is 15.7 Å². The number of sulfonamides is 1. The molecule has 0 unspecified atom stereocenters. The van der Waals surface area contributed by atoms with Crippen LogP contribution in [0.2, 0.25) is 25.7 Å². The van der Waals surface area contributed by atoms with Gasteiger partial charge in [-0.25, -0.2) is 30.5 Å². The first kappa shape index (κ1) is 37.8. The molecule has 0 fully saturated rings. The van der Waals surface area contributed by atoms with Gasteiger partial charge < -0.3 is 19.3 Å². The maximum atomic E-state index is 14.7. The summed E-state index contributed by atoms with van der Waals surface area (Å²) >= 11 is 0. The molecular weight excluding hydrogens is 694 g/mol. The number of ether oxygens (including phenoxy) is 3. The van der Waals surface area contributed by atoms with Gasteiger partial charge in [-0.2, -0.15) is 0 Å². The van der Waals surface area contributed by atoms with E-state index in [-0.39, 0.29) is 29.6 Å². The Hall–Kier alpha value is -4.06. The maximum absolute atomic E-state index is 14.7. The Morgan fingerprint density at radius 1 is 0.980 bits per heavy atom. The molecule has 4 rings (SSSR count). The number of nitrogens with zero attached hydrogens (tertiary/aromatic N) is 5. The predicted molar refractivity (Wildman–Crippen MR) is 187 cm³/mol. The number of aromatic nitrogens is 4. The zero-order chi connectivity index (χ0) is 36.3. The molecular formula is C32H42FN5O8S2Si. The Bertz CT molecular complexity index is 2000. The maximum Gasteiger partial charge on any atom is 0.246 e. The number of anilines is 1. The largest absolute Gasteiger partial charge is 0.494 e. The quantitative estimate of drug-likeness (QED) is 0.166. The van der Waals surface area contributed by atoms with Crippen LogP contribution in [0.5, 0.6) is 17.4 Å². The third-order valence-electron chi connectivity index (χ3n) is 7.72. The van der Waals surface area contributed by atoms with Crippen molar-refractivity contribution in [2.45, 2.75) is 55.8 Å². The van der Waals surface area contributed by atoms with Crippen LogP contribution in [0.25, 0.3) is 17.2 Å². The molecule has 2 aromatic carbocycles. The van der Waals surface area contributed by atoms with Crippen LogP contribution >= 0.6 is 0 Å². The second-order valence-electron chi connectivity index (χ2n) is 12.5. The SMILES string of the molecule is CCOc1cccc(-c2nnc(N(CC[Si](C)(C)C)S(=O)(=O)[C@@H](C)[C@@H](O)c3ccc(F)cc3S(C)(=O)=O)n2-c2c(OC)cccc2OC)n1. The summed E-state index contributed by atoms with van der Waals surface area (Å²) in [4.78, 5) is 4.06. The van der Waals surface area contributed by atoms with Gasteiger partial charge in [-0.3, -0.25) is 4.57 Å².